The summed E-state index contributed by atoms with van der Waals surface area (Å²) in [7, 11) is 0. The minimum Gasteiger partial charge on any atom is -0.325 e. The lowest BCUT2D eigenvalue weighted by Crippen LogP contribution is -2.31. The molecule has 0 unspecified atom stereocenters. The fraction of sp³-hybridized carbons (Fsp3) is 0.417. The molecule has 0 fully saturated rings. The summed E-state index contributed by atoms with van der Waals surface area (Å²) in [5.74, 6) is -0.0246. The first-order valence-electron chi connectivity index (χ1n) is 5.03. The van der Waals surface area contributed by atoms with Gasteiger partial charge in [0.05, 0.1) is 4.32 Å². The molecule has 1 aromatic carbocycles. The van der Waals surface area contributed by atoms with E-state index < -0.39 is 4.32 Å². The largest absolute Gasteiger partial charge is 0.325 e. The molecule has 1 N–H and O–H groups in total. The number of amides is 1. The lowest BCUT2D eigenvalue weighted by Gasteiger charge is -2.17. The SMILES string of the molecule is CCc1ccccc1NC(=O)C(C)(C)Br. The lowest BCUT2D eigenvalue weighted by molar-refractivity contribution is -0.117. The number of alkyl halides is 1. The Kier molecular flexibility index (Phi) is 3.91. The monoisotopic (exact) mass is 269 g/mol. The maximum atomic E-state index is 11.7. The number of nitrogens with one attached hydrogen (secondary N) is 1. The molecule has 0 atom stereocenters. The van der Waals surface area contributed by atoms with Crippen molar-refractivity contribution in [3.8, 4) is 0 Å². The van der Waals surface area contributed by atoms with E-state index in [4.69, 9.17) is 0 Å². The summed E-state index contributed by atoms with van der Waals surface area (Å²) in [5, 5.41) is 2.92. The highest BCUT2D eigenvalue weighted by atomic mass is 79.9. The second kappa shape index (κ2) is 4.79. The highest BCUT2D eigenvalue weighted by Crippen LogP contribution is 2.21. The van der Waals surface area contributed by atoms with E-state index in [9.17, 15) is 4.79 Å². The van der Waals surface area contributed by atoms with Crippen molar-refractivity contribution in [2.24, 2.45) is 0 Å². The van der Waals surface area contributed by atoms with Crippen molar-refractivity contribution in [3.63, 3.8) is 0 Å². The van der Waals surface area contributed by atoms with Crippen molar-refractivity contribution in [3.05, 3.63) is 29.8 Å². The van der Waals surface area contributed by atoms with Crippen molar-refractivity contribution in [2.75, 3.05) is 5.32 Å². The Balaban J connectivity index is 2.85. The molecule has 0 saturated heterocycles. The van der Waals surface area contributed by atoms with Gasteiger partial charge in [0.2, 0.25) is 5.91 Å². The molecule has 0 aromatic heterocycles. The smallest absolute Gasteiger partial charge is 0.240 e. The zero-order valence-electron chi connectivity index (χ0n) is 9.30. The van der Waals surface area contributed by atoms with Gasteiger partial charge in [-0.15, -0.1) is 0 Å². The van der Waals surface area contributed by atoms with E-state index in [0.29, 0.717) is 0 Å². The summed E-state index contributed by atoms with van der Waals surface area (Å²) in [6.45, 7) is 5.73. The second-order valence-corrected chi connectivity index (χ2v) is 5.92. The minimum atomic E-state index is -0.534. The molecule has 1 rings (SSSR count). The van der Waals surface area contributed by atoms with Crippen molar-refractivity contribution >= 4 is 27.5 Å². The minimum absolute atomic E-state index is 0.0246. The standard InChI is InChI=1S/C12H16BrNO/c1-4-9-7-5-6-8-10(9)14-11(15)12(2,3)13/h5-8H,4H2,1-3H3,(H,14,15). The van der Waals surface area contributed by atoms with Gasteiger partial charge in [0.15, 0.2) is 0 Å². The Hall–Kier alpha value is -0.830. The normalized spacial score (nSPS) is 11.2. The van der Waals surface area contributed by atoms with Crippen LogP contribution in [0.2, 0.25) is 0 Å². The molecule has 0 aliphatic carbocycles. The van der Waals surface area contributed by atoms with Crippen LogP contribution in [-0.2, 0) is 11.2 Å². The quantitative estimate of drug-likeness (QED) is 0.838. The third kappa shape index (κ3) is 3.34. The molecule has 0 saturated carbocycles. The zero-order chi connectivity index (χ0) is 11.5. The average Bonchev–Trinajstić information content (AvgIpc) is 2.17. The van der Waals surface area contributed by atoms with Crippen molar-refractivity contribution in [1.82, 2.24) is 0 Å². The zero-order valence-corrected chi connectivity index (χ0v) is 10.9. The third-order valence-electron chi connectivity index (χ3n) is 2.19. The third-order valence-corrected chi connectivity index (χ3v) is 2.55. The molecule has 1 amide bonds. The molecular formula is C12H16BrNO. The van der Waals surface area contributed by atoms with E-state index in [-0.39, 0.29) is 5.91 Å². The van der Waals surface area contributed by atoms with Gasteiger partial charge in [-0.2, -0.15) is 0 Å². The molecule has 15 heavy (non-hydrogen) atoms. The van der Waals surface area contributed by atoms with Crippen molar-refractivity contribution < 1.29 is 4.79 Å². The van der Waals surface area contributed by atoms with Crippen LogP contribution >= 0.6 is 15.9 Å². The number of aryl methyl sites for hydroxylation is 1. The molecule has 0 aliphatic heterocycles. The number of rotatable bonds is 3. The summed E-state index contributed by atoms with van der Waals surface area (Å²) in [6, 6.07) is 7.86. The molecule has 0 bridgehead atoms. The number of benzene rings is 1. The molecule has 82 valence electrons. The summed E-state index contributed by atoms with van der Waals surface area (Å²) < 4.78 is -0.534. The topological polar surface area (TPSA) is 29.1 Å². The summed E-state index contributed by atoms with van der Waals surface area (Å²) in [6.07, 6.45) is 0.916. The Morgan fingerprint density at radius 3 is 2.53 bits per heavy atom. The van der Waals surface area contributed by atoms with Crippen molar-refractivity contribution in [2.45, 2.75) is 31.5 Å². The molecule has 0 radical (unpaired) electrons. The first-order valence-corrected chi connectivity index (χ1v) is 5.82. The number of carbonyl (C=O) groups is 1. The van der Waals surface area contributed by atoms with Gasteiger partial charge in [0, 0.05) is 5.69 Å². The number of hydrogen-bond acceptors (Lipinski definition) is 1. The van der Waals surface area contributed by atoms with E-state index >= 15 is 0 Å². The fourth-order valence-corrected chi connectivity index (χ4v) is 1.32. The van der Waals surface area contributed by atoms with E-state index in [1.807, 2.05) is 38.1 Å². The Morgan fingerprint density at radius 1 is 1.40 bits per heavy atom. The average molecular weight is 270 g/mol. The van der Waals surface area contributed by atoms with E-state index in [0.717, 1.165) is 17.7 Å². The van der Waals surface area contributed by atoms with Gasteiger partial charge < -0.3 is 5.32 Å². The van der Waals surface area contributed by atoms with Crippen molar-refractivity contribution in [1.29, 1.82) is 0 Å². The van der Waals surface area contributed by atoms with Gasteiger partial charge in [-0.3, -0.25) is 4.79 Å². The summed E-state index contributed by atoms with van der Waals surface area (Å²) in [4.78, 5) is 11.7. The predicted molar refractivity (Wildman–Crippen MR) is 67.5 cm³/mol. The number of anilines is 1. The number of halogens is 1. The van der Waals surface area contributed by atoms with Crippen LogP contribution < -0.4 is 5.32 Å². The van der Waals surface area contributed by atoms with Crippen LogP contribution in [0.3, 0.4) is 0 Å². The van der Waals surface area contributed by atoms with Crippen LogP contribution in [0.4, 0.5) is 5.69 Å². The Labute approximate surface area is 99.2 Å². The van der Waals surface area contributed by atoms with Gasteiger partial charge >= 0.3 is 0 Å². The van der Waals surface area contributed by atoms with Gasteiger partial charge in [0.25, 0.3) is 0 Å². The van der Waals surface area contributed by atoms with Crippen LogP contribution in [0.25, 0.3) is 0 Å². The van der Waals surface area contributed by atoms with Crippen LogP contribution in [0.5, 0.6) is 0 Å². The molecule has 0 aliphatic rings. The van der Waals surface area contributed by atoms with E-state index in [2.05, 4.69) is 28.2 Å². The Bertz CT molecular complexity index is 355. The molecule has 3 heteroatoms. The van der Waals surface area contributed by atoms with Crippen LogP contribution in [-0.4, -0.2) is 10.2 Å². The van der Waals surface area contributed by atoms with Gasteiger partial charge in [-0.05, 0) is 31.9 Å². The summed E-state index contributed by atoms with van der Waals surface area (Å²) in [5.41, 5.74) is 2.06. The van der Waals surface area contributed by atoms with Gasteiger partial charge in [-0.1, -0.05) is 41.1 Å². The predicted octanol–water partition coefficient (Wildman–Crippen LogP) is 3.36. The molecule has 1 aromatic rings. The number of hydrogen-bond donors (Lipinski definition) is 1. The molecular weight excluding hydrogens is 254 g/mol. The van der Waals surface area contributed by atoms with E-state index in [1.165, 1.54) is 0 Å². The second-order valence-electron chi connectivity index (χ2n) is 3.94. The Morgan fingerprint density at radius 2 is 2.00 bits per heavy atom. The number of para-hydroxylation sites is 1. The first-order chi connectivity index (χ1) is 6.95. The van der Waals surface area contributed by atoms with Crippen LogP contribution in [0.1, 0.15) is 26.3 Å². The molecule has 0 heterocycles. The van der Waals surface area contributed by atoms with Crippen LogP contribution in [0.15, 0.2) is 24.3 Å². The molecule has 2 nitrogen and oxygen atoms in total. The maximum absolute atomic E-state index is 11.7. The van der Waals surface area contributed by atoms with Gasteiger partial charge in [0.1, 0.15) is 0 Å². The lowest BCUT2D eigenvalue weighted by atomic mass is 10.1. The first kappa shape index (κ1) is 12.2. The maximum Gasteiger partial charge on any atom is 0.240 e. The van der Waals surface area contributed by atoms with Crippen LogP contribution in [0, 0.1) is 0 Å². The molecule has 0 spiro atoms. The number of carbonyl (C=O) groups excluding carboxylic acids is 1. The van der Waals surface area contributed by atoms with Gasteiger partial charge in [-0.25, -0.2) is 0 Å². The van der Waals surface area contributed by atoms with E-state index in [1.54, 1.807) is 0 Å². The summed E-state index contributed by atoms with van der Waals surface area (Å²) >= 11 is 3.34. The highest BCUT2D eigenvalue weighted by molar-refractivity contribution is 9.10. The fourth-order valence-electron chi connectivity index (χ4n) is 1.22. The highest BCUT2D eigenvalue weighted by Gasteiger charge is 2.23.